The van der Waals surface area contributed by atoms with Gasteiger partial charge in [-0.25, -0.2) is 0 Å². The molecular formula is C16H17NO3S. The molecule has 2 rings (SSSR count). The average molecular weight is 303 g/mol. The van der Waals surface area contributed by atoms with Crippen LogP contribution in [0, 0.1) is 0 Å². The Labute approximate surface area is 128 Å². The largest absolute Gasteiger partial charge is 0.508 e. The van der Waals surface area contributed by atoms with E-state index in [0.29, 0.717) is 12.3 Å². The van der Waals surface area contributed by atoms with Crippen LogP contribution in [-0.4, -0.2) is 23.9 Å². The van der Waals surface area contributed by atoms with Crippen molar-refractivity contribution in [3.63, 3.8) is 0 Å². The second kappa shape index (κ2) is 7.59. The van der Waals surface area contributed by atoms with Crippen molar-refractivity contribution < 1.29 is 14.6 Å². The van der Waals surface area contributed by atoms with E-state index in [4.69, 9.17) is 4.74 Å². The highest BCUT2D eigenvalue weighted by molar-refractivity contribution is 8.00. The molecule has 0 saturated heterocycles. The van der Waals surface area contributed by atoms with Crippen molar-refractivity contribution in [3.8, 4) is 11.5 Å². The Balaban J connectivity index is 1.79. The van der Waals surface area contributed by atoms with Crippen molar-refractivity contribution in [1.82, 2.24) is 5.32 Å². The first-order chi connectivity index (χ1) is 10.2. The summed E-state index contributed by atoms with van der Waals surface area (Å²) in [7, 11) is 1.61. The number of rotatable bonds is 6. The lowest BCUT2D eigenvalue weighted by Gasteiger charge is -2.07. The lowest BCUT2D eigenvalue weighted by Crippen LogP contribution is -2.24. The van der Waals surface area contributed by atoms with E-state index in [1.807, 2.05) is 30.3 Å². The van der Waals surface area contributed by atoms with E-state index in [2.05, 4.69) is 5.32 Å². The first-order valence-corrected chi connectivity index (χ1v) is 7.47. The zero-order chi connectivity index (χ0) is 15.1. The minimum atomic E-state index is -0.0498. The van der Waals surface area contributed by atoms with Gasteiger partial charge in [0.15, 0.2) is 0 Å². The summed E-state index contributed by atoms with van der Waals surface area (Å²) in [5.74, 6) is 1.24. The van der Waals surface area contributed by atoms with Crippen LogP contribution in [0.2, 0.25) is 0 Å². The van der Waals surface area contributed by atoms with Gasteiger partial charge in [0, 0.05) is 11.4 Å². The molecule has 110 valence electrons. The van der Waals surface area contributed by atoms with Crippen LogP contribution >= 0.6 is 11.8 Å². The van der Waals surface area contributed by atoms with E-state index < -0.39 is 0 Å². The van der Waals surface area contributed by atoms with E-state index >= 15 is 0 Å². The lowest BCUT2D eigenvalue weighted by atomic mass is 10.2. The summed E-state index contributed by atoms with van der Waals surface area (Å²) in [4.78, 5) is 12.7. The first-order valence-electron chi connectivity index (χ1n) is 6.49. The number of phenolic OH excluding ortho intramolecular Hbond substituents is 1. The second-order valence-electron chi connectivity index (χ2n) is 4.41. The van der Waals surface area contributed by atoms with Gasteiger partial charge in [0.2, 0.25) is 5.91 Å². The monoisotopic (exact) mass is 303 g/mol. The number of carbonyl (C=O) groups is 1. The van der Waals surface area contributed by atoms with Gasteiger partial charge in [-0.15, -0.1) is 11.8 Å². The SMILES string of the molecule is COc1cccc(CNC(=O)CSc2cccc(O)c2)c1. The standard InChI is InChI=1S/C16H17NO3S/c1-20-14-6-2-4-12(8-14)10-17-16(19)11-21-15-7-3-5-13(18)9-15/h2-9,18H,10-11H2,1H3,(H,17,19). The molecule has 2 N–H and O–H groups in total. The molecule has 2 aromatic rings. The third-order valence-corrected chi connectivity index (χ3v) is 3.81. The number of hydrogen-bond donors (Lipinski definition) is 2. The van der Waals surface area contributed by atoms with Crippen LogP contribution in [0.5, 0.6) is 11.5 Å². The van der Waals surface area contributed by atoms with Crippen molar-refractivity contribution >= 4 is 17.7 Å². The molecule has 0 aliphatic heterocycles. The Hall–Kier alpha value is -2.14. The minimum Gasteiger partial charge on any atom is -0.508 e. The van der Waals surface area contributed by atoms with Crippen LogP contribution in [0.4, 0.5) is 0 Å². The molecule has 0 aliphatic carbocycles. The Morgan fingerprint density at radius 3 is 2.81 bits per heavy atom. The van der Waals surface area contributed by atoms with Gasteiger partial charge >= 0.3 is 0 Å². The molecule has 0 radical (unpaired) electrons. The fraction of sp³-hybridized carbons (Fsp3) is 0.188. The Bertz CT molecular complexity index is 616. The highest BCUT2D eigenvalue weighted by atomic mass is 32.2. The third-order valence-electron chi connectivity index (χ3n) is 2.81. The van der Waals surface area contributed by atoms with Crippen molar-refractivity contribution in [3.05, 3.63) is 54.1 Å². The maximum absolute atomic E-state index is 11.8. The number of hydrogen-bond acceptors (Lipinski definition) is 4. The number of ether oxygens (including phenoxy) is 1. The van der Waals surface area contributed by atoms with Gasteiger partial charge in [0.1, 0.15) is 11.5 Å². The predicted molar refractivity (Wildman–Crippen MR) is 83.7 cm³/mol. The highest BCUT2D eigenvalue weighted by Crippen LogP contribution is 2.21. The zero-order valence-electron chi connectivity index (χ0n) is 11.7. The average Bonchev–Trinajstić information content (AvgIpc) is 2.51. The van der Waals surface area contributed by atoms with Gasteiger partial charge in [-0.05, 0) is 35.9 Å². The molecular weight excluding hydrogens is 286 g/mol. The molecule has 0 fully saturated rings. The minimum absolute atomic E-state index is 0.0498. The molecule has 21 heavy (non-hydrogen) atoms. The van der Waals surface area contributed by atoms with Gasteiger partial charge in [0.05, 0.1) is 12.9 Å². The molecule has 0 atom stereocenters. The molecule has 0 unspecified atom stereocenters. The van der Waals surface area contributed by atoms with Crippen molar-refractivity contribution in [1.29, 1.82) is 0 Å². The van der Waals surface area contributed by atoms with E-state index in [1.54, 1.807) is 25.3 Å². The molecule has 0 aromatic heterocycles. The summed E-state index contributed by atoms with van der Waals surface area (Å²) >= 11 is 1.39. The van der Waals surface area contributed by atoms with Crippen LogP contribution in [0.1, 0.15) is 5.56 Å². The first kappa shape index (κ1) is 15.3. The molecule has 0 spiro atoms. The van der Waals surface area contributed by atoms with Crippen LogP contribution in [0.3, 0.4) is 0 Å². The third kappa shape index (κ3) is 5.04. The molecule has 5 heteroatoms. The summed E-state index contributed by atoms with van der Waals surface area (Å²) in [6.07, 6.45) is 0. The maximum atomic E-state index is 11.8. The quantitative estimate of drug-likeness (QED) is 0.806. The van der Waals surface area contributed by atoms with Gasteiger partial charge < -0.3 is 15.2 Å². The molecule has 0 aliphatic rings. The number of carbonyl (C=O) groups excluding carboxylic acids is 1. The Kier molecular flexibility index (Phi) is 5.51. The van der Waals surface area contributed by atoms with Crippen LogP contribution in [0.25, 0.3) is 0 Å². The number of thioether (sulfide) groups is 1. The fourth-order valence-electron chi connectivity index (χ4n) is 1.76. The number of aromatic hydroxyl groups is 1. The number of methoxy groups -OCH3 is 1. The van der Waals surface area contributed by atoms with E-state index in [9.17, 15) is 9.90 Å². The normalized spacial score (nSPS) is 10.1. The summed E-state index contributed by atoms with van der Waals surface area (Å²) in [5.41, 5.74) is 0.991. The smallest absolute Gasteiger partial charge is 0.230 e. The molecule has 0 bridgehead atoms. The number of benzene rings is 2. The maximum Gasteiger partial charge on any atom is 0.230 e. The van der Waals surface area contributed by atoms with E-state index in [-0.39, 0.29) is 11.7 Å². The Morgan fingerprint density at radius 1 is 1.24 bits per heavy atom. The lowest BCUT2D eigenvalue weighted by molar-refractivity contribution is -0.118. The van der Waals surface area contributed by atoms with E-state index in [1.165, 1.54) is 11.8 Å². The number of nitrogens with one attached hydrogen (secondary N) is 1. The van der Waals surface area contributed by atoms with Gasteiger partial charge in [0.25, 0.3) is 0 Å². The van der Waals surface area contributed by atoms with Gasteiger partial charge in [-0.3, -0.25) is 4.79 Å². The van der Waals surface area contributed by atoms with Crippen molar-refractivity contribution in [2.75, 3.05) is 12.9 Å². The van der Waals surface area contributed by atoms with Gasteiger partial charge in [-0.1, -0.05) is 18.2 Å². The van der Waals surface area contributed by atoms with Crippen molar-refractivity contribution in [2.24, 2.45) is 0 Å². The summed E-state index contributed by atoms with van der Waals surface area (Å²) in [6.45, 7) is 0.469. The predicted octanol–water partition coefficient (Wildman–Crippen LogP) is 2.81. The molecule has 2 aromatic carbocycles. The van der Waals surface area contributed by atoms with Crippen LogP contribution < -0.4 is 10.1 Å². The number of phenols is 1. The second-order valence-corrected chi connectivity index (χ2v) is 5.46. The highest BCUT2D eigenvalue weighted by Gasteiger charge is 2.04. The Morgan fingerprint density at radius 2 is 2.05 bits per heavy atom. The molecule has 0 heterocycles. The fourth-order valence-corrected chi connectivity index (χ4v) is 2.53. The molecule has 1 amide bonds. The van der Waals surface area contributed by atoms with Gasteiger partial charge in [-0.2, -0.15) is 0 Å². The zero-order valence-corrected chi connectivity index (χ0v) is 12.5. The van der Waals surface area contributed by atoms with Crippen molar-refractivity contribution in [2.45, 2.75) is 11.4 Å². The van der Waals surface area contributed by atoms with Crippen LogP contribution in [0.15, 0.2) is 53.4 Å². The van der Waals surface area contributed by atoms with E-state index in [0.717, 1.165) is 16.2 Å². The molecule has 0 saturated carbocycles. The summed E-state index contributed by atoms with van der Waals surface area (Å²) in [5, 5.41) is 12.2. The summed E-state index contributed by atoms with van der Waals surface area (Å²) < 4.78 is 5.14. The summed E-state index contributed by atoms with van der Waals surface area (Å²) in [6, 6.07) is 14.4. The molecule has 4 nitrogen and oxygen atoms in total. The number of amides is 1. The topological polar surface area (TPSA) is 58.6 Å². The van der Waals surface area contributed by atoms with Crippen LogP contribution in [-0.2, 0) is 11.3 Å².